The summed E-state index contributed by atoms with van der Waals surface area (Å²) in [4.78, 5) is 14.5. The normalized spacial score (nSPS) is 18.3. The Bertz CT molecular complexity index is 590. The van der Waals surface area contributed by atoms with Crippen LogP contribution in [0.1, 0.15) is 30.4 Å². The van der Waals surface area contributed by atoms with Crippen LogP contribution >= 0.6 is 11.3 Å². The van der Waals surface area contributed by atoms with Crippen LogP contribution in [0, 0.1) is 6.92 Å². The van der Waals surface area contributed by atoms with Gasteiger partial charge in [0.05, 0.1) is 18.8 Å². The molecule has 3 heterocycles. The molecule has 3 rings (SSSR count). The van der Waals surface area contributed by atoms with Gasteiger partial charge in [0.1, 0.15) is 0 Å². The van der Waals surface area contributed by atoms with Crippen LogP contribution in [0.15, 0.2) is 29.2 Å². The highest BCUT2D eigenvalue weighted by atomic mass is 32.1. The number of likely N-dealkylation sites (tertiary alicyclic amines) is 1. The summed E-state index contributed by atoms with van der Waals surface area (Å²) < 4.78 is 1.96. The Morgan fingerprint density at radius 2 is 2.43 bits per heavy atom. The smallest absolute Gasteiger partial charge is 0.223 e. The van der Waals surface area contributed by atoms with Gasteiger partial charge in [-0.25, -0.2) is 0 Å². The molecule has 1 atom stereocenters. The molecular weight excluding hydrogens is 282 g/mol. The summed E-state index contributed by atoms with van der Waals surface area (Å²) in [7, 11) is 0. The van der Waals surface area contributed by atoms with Crippen molar-refractivity contribution in [2.45, 2.75) is 45.2 Å². The number of amides is 1. The highest BCUT2D eigenvalue weighted by molar-refractivity contribution is 7.07. The zero-order valence-electron chi connectivity index (χ0n) is 12.4. The first-order chi connectivity index (χ1) is 10.2. The minimum atomic E-state index is 0.285. The topological polar surface area (TPSA) is 38.1 Å². The third kappa shape index (κ3) is 3.53. The number of carbonyl (C=O) groups excluding carboxylic acids is 1. The number of aryl methyl sites for hydroxylation is 2. The standard InChI is InChI=1S/C16H21N3OS/c1-13-9-17-18(10-13)11-15-3-2-7-19(15)16(20)5-4-14-6-8-21-12-14/h6,8-10,12,15H,2-5,7,11H2,1H3/t15-/m0/s1. The summed E-state index contributed by atoms with van der Waals surface area (Å²) >= 11 is 1.69. The second-order valence-electron chi connectivity index (χ2n) is 5.75. The largest absolute Gasteiger partial charge is 0.338 e. The van der Waals surface area contributed by atoms with Crippen molar-refractivity contribution in [1.29, 1.82) is 0 Å². The molecule has 0 aliphatic carbocycles. The molecule has 1 aliphatic rings. The van der Waals surface area contributed by atoms with Crippen molar-refractivity contribution in [2.24, 2.45) is 0 Å². The molecule has 0 bridgehead atoms. The molecule has 4 nitrogen and oxygen atoms in total. The maximum Gasteiger partial charge on any atom is 0.223 e. The van der Waals surface area contributed by atoms with E-state index in [4.69, 9.17) is 0 Å². The van der Waals surface area contributed by atoms with Crippen LogP contribution in [0.3, 0.4) is 0 Å². The van der Waals surface area contributed by atoms with Crippen molar-refractivity contribution in [1.82, 2.24) is 14.7 Å². The summed E-state index contributed by atoms with van der Waals surface area (Å²) in [6.45, 7) is 3.76. The first-order valence-electron chi connectivity index (χ1n) is 7.52. The van der Waals surface area contributed by atoms with E-state index >= 15 is 0 Å². The van der Waals surface area contributed by atoms with E-state index in [2.05, 4.69) is 26.8 Å². The van der Waals surface area contributed by atoms with Crippen LogP contribution in [0.2, 0.25) is 0 Å². The Hall–Kier alpha value is -1.62. The van der Waals surface area contributed by atoms with Gasteiger partial charge < -0.3 is 4.90 Å². The van der Waals surface area contributed by atoms with Crippen LogP contribution in [-0.2, 0) is 17.8 Å². The van der Waals surface area contributed by atoms with Gasteiger partial charge in [-0.05, 0) is 54.1 Å². The van der Waals surface area contributed by atoms with E-state index in [9.17, 15) is 4.79 Å². The van der Waals surface area contributed by atoms with Crippen LogP contribution in [0.25, 0.3) is 0 Å². The SMILES string of the molecule is Cc1cnn(C[C@@H]2CCCN2C(=O)CCc2ccsc2)c1. The number of aromatic nitrogens is 2. The monoisotopic (exact) mass is 303 g/mol. The second-order valence-corrected chi connectivity index (χ2v) is 6.53. The summed E-state index contributed by atoms with van der Waals surface area (Å²) in [5.74, 6) is 0.285. The maximum atomic E-state index is 12.4. The zero-order valence-corrected chi connectivity index (χ0v) is 13.2. The molecule has 2 aromatic rings. The van der Waals surface area contributed by atoms with Crippen molar-refractivity contribution in [3.8, 4) is 0 Å². The number of rotatable bonds is 5. The Balaban J connectivity index is 1.56. The van der Waals surface area contributed by atoms with Crippen LogP contribution in [-0.4, -0.2) is 33.2 Å². The Labute approximate surface area is 129 Å². The third-order valence-corrected chi connectivity index (χ3v) is 4.80. The molecule has 0 saturated carbocycles. The van der Waals surface area contributed by atoms with Gasteiger partial charge in [0.25, 0.3) is 0 Å². The van der Waals surface area contributed by atoms with Gasteiger partial charge in [-0.2, -0.15) is 16.4 Å². The molecular formula is C16H21N3OS. The fourth-order valence-corrected chi connectivity index (χ4v) is 3.67. The molecule has 2 aromatic heterocycles. The van der Waals surface area contributed by atoms with Gasteiger partial charge in [-0.1, -0.05) is 0 Å². The quantitative estimate of drug-likeness (QED) is 0.852. The fourth-order valence-electron chi connectivity index (χ4n) is 2.97. The average molecular weight is 303 g/mol. The minimum absolute atomic E-state index is 0.285. The van der Waals surface area contributed by atoms with Gasteiger partial charge in [0.2, 0.25) is 5.91 Å². The molecule has 21 heavy (non-hydrogen) atoms. The second kappa shape index (κ2) is 6.43. The molecule has 1 saturated heterocycles. The van der Waals surface area contributed by atoms with E-state index < -0.39 is 0 Å². The van der Waals surface area contributed by atoms with Gasteiger partial charge in [0.15, 0.2) is 0 Å². The van der Waals surface area contributed by atoms with Crippen LogP contribution in [0.4, 0.5) is 0 Å². The van der Waals surface area contributed by atoms with Crippen molar-refractivity contribution in [2.75, 3.05) is 6.54 Å². The van der Waals surface area contributed by atoms with Gasteiger partial charge >= 0.3 is 0 Å². The zero-order chi connectivity index (χ0) is 14.7. The lowest BCUT2D eigenvalue weighted by Crippen LogP contribution is -2.38. The van der Waals surface area contributed by atoms with E-state index in [0.717, 1.165) is 32.4 Å². The summed E-state index contributed by atoms with van der Waals surface area (Å²) in [6, 6.07) is 2.41. The van der Waals surface area contributed by atoms with Crippen molar-refractivity contribution in [3.05, 3.63) is 40.3 Å². The maximum absolute atomic E-state index is 12.4. The molecule has 0 unspecified atom stereocenters. The molecule has 0 aromatic carbocycles. The van der Waals surface area contributed by atoms with Crippen molar-refractivity contribution < 1.29 is 4.79 Å². The molecule has 1 amide bonds. The highest BCUT2D eigenvalue weighted by Gasteiger charge is 2.28. The summed E-state index contributed by atoms with van der Waals surface area (Å²) in [6.07, 6.45) is 7.58. The molecule has 112 valence electrons. The summed E-state index contributed by atoms with van der Waals surface area (Å²) in [5, 5.41) is 8.53. The predicted octanol–water partition coefficient (Wildman–Crippen LogP) is 2.88. The van der Waals surface area contributed by atoms with E-state index in [1.807, 2.05) is 24.0 Å². The average Bonchev–Trinajstić information content (AvgIpc) is 3.19. The van der Waals surface area contributed by atoms with Crippen LogP contribution < -0.4 is 0 Å². The molecule has 5 heteroatoms. The Morgan fingerprint density at radius 1 is 1.52 bits per heavy atom. The van der Waals surface area contributed by atoms with Gasteiger partial charge in [-0.15, -0.1) is 0 Å². The Kier molecular flexibility index (Phi) is 4.39. The minimum Gasteiger partial charge on any atom is -0.338 e. The number of thiophene rings is 1. The predicted molar refractivity (Wildman–Crippen MR) is 84.3 cm³/mol. The number of hydrogen-bond acceptors (Lipinski definition) is 3. The lowest BCUT2D eigenvalue weighted by molar-refractivity contribution is -0.132. The number of hydrogen-bond donors (Lipinski definition) is 0. The highest BCUT2D eigenvalue weighted by Crippen LogP contribution is 2.21. The molecule has 1 fully saturated rings. The lowest BCUT2D eigenvalue weighted by atomic mass is 10.1. The third-order valence-electron chi connectivity index (χ3n) is 4.07. The molecule has 1 aliphatic heterocycles. The van der Waals surface area contributed by atoms with Crippen molar-refractivity contribution >= 4 is 17.2 Å². The summed E-state index contributed by atoms with van der Waals surface area (Å²) in [5.41, 5.74) is 2.44. The van der Waals surface area contributed by atoms with E-state index in [0.29, 0.717) is 12.5 Å². The van der Waals surface area contributed by atoms with Crippen molar-refractivity contribution in [3.63, 3.8) is 0 Å². The number of nitrogens with zero attached hydrogens (tertiary/aromatic N) is 3. The first kappa shape index (κ1) is 14.3. The van der Waals surface area contributed by atoms with E-state index in [1.54, 1.807) is 11.3 Å². The Morgan fingerprint density at radius 3 is 3.14 bits per heavy atom. The van der Waals surface area contributed by atoms with E-state index in [1.165, 1.54) is 11.1 Å². The van der Waals surface area contributed by atoms with Gasteiger partial charge in [0, 0.05) is 19.2 Å². The first-order valence-corrected chi connectivity index (χ1v) is 8.46. The van der Waals surface area contributed by atoms with Crippen LogP contribution in [0.5, 0.6) is 0 Å². The van der Waals surface area contributed by atoms with Gasteiger partial charge in [-0.3, -0.25) is 9.48 Å². The number of carbonyl (C=O) groups is 1. The fraction of sp³-hybridized carbons (Fsp3) is 0.500. The molecule has 0 spiro atoms. The lowest BCUT2D eigenvalue weighted by Gasteiger charge is -2.24. The molecule has 0 N–H and O–H groups in total. The molecule has 0 radical (unpaired) electrons. The van der Waals surface area contributed by atoms with E-state index in [-0.39, 0.29) is 5.91 Å².